The third kappa shape index (κ3) is 5.03. The average Bonchev–Trinajstić information content (AvgIpc) is 3.23. The number of carbonyl (C=O) groups excluding carboxylic acids is 2. The first-order valence-electron chi connectivity index (χ1n) is 8.97. The molecule has 1 aromatic carbocycles. The molecule has 0 bridgehead atoms. The Morgan fingerprint density at radius 3 is 2.69 bits per heavy atom. The molecule has 0 spiro atoms. The molecule has 9 heteroatoms. The fourth-order valence-corrected chi connectivity index (χ4v) is 5.17. The Labute approximate surface area is 173 Å². The van der Waals surface area contributed by atoms with Crippen molar-refractivity contribution in [2.45, 2.75) is 24.2 Å². The van der Waals surface area contributed by atoms with Crippen molar-refractivity contribution in [1.82, 2.24) is 4.72 Å². The van der Waals surface area contributed by atoms with E-state index >= 15 is 0 Å². The van der Waals surface area contributed by atoms with Crippen LogP contribution in [0.25, 0.3) is 0 Å². The van der Waals surface area contributed by atoms with Gasteiger partial charge in [-0.15, -0.1) is 11.3 Å². The van der Waals surface area contributed by atoms with Gasteiger partial charge in [-0.25, -0.2) is 13.2 Å². The summed E-state index contributed by atoms with van der Waals surface area (Å²) in [4.78, 5) is 25.3. The van der Waals surface area contributed by atoms with Crippen LogP contribution in [0.1, 0.15) is 34.5 Å². The number of nitrogens with zero attached hydrogens (tertiary/aromatic N) is 1. The zero-order valence-electron chi connectivity index (χ0n) is 15.8. The number of esters is 1. The zero-order chi connectivity index (χ0) is 20.9. The highest BCUT2D eigenvalue weighted by molar-refractivity contribution is 7.89. The van der Waals surface area contributed by atoms with Gasteiger partial charge < -0.3 is 9.64 Å². The van der Waals surface area contributed by atoms with E-state index in [-0.39, 0.29) is 22.2 Å². The van der Waals surface area contributed by atoms with Crippen LogP contribution in [-0.4, -0.2) is 40.5 Å². The molecule has 0 radical (unpaired) electrons. The number of anilines is 1. The van der Waals surface area contributed by atoms with E-state index in [0.717, 1.165) is 36.4 Å². The maximum Gasteiger partial charge on any atom is 0.349 e. The smallest absolute Gasteiger partial charge is 0.349 e. The Hall–Kier alpha value is -2.67. The summed E-state index contributed by atoms with van der Waals surface area (Å²) < 4.78 is 31.7. The molecular weight excluding hydrogens is 412 g/mol. The average molecular weight is 433 g/mol. The number of thiophene rings is 1. The lowest BCUT2D eigenvalue weighted by atomic mass is 10.1. The summed E-state index contributed by atoms with van der Waals surface area (Å²) in [6.07, 6.45) is 2.50. The van der Waals surface area contributed by atoms with Crippen molar-refractivity contribution in [3.05, 3.63) is 46.2 Å². The minimum Gasteiger partial charge on any atom is -0.465 e. The number of methoxy groups -OCH3 is 1. The molecule has 1 aliphatic heterocycles. The monoisotopic (exact) mass is 432 g/mol. The van der Waals surface area contributed by atoms with Crippen LogP contribution in [0.5, 0.6) is 0 Å². The summed E-state index contributed by atoms with van der Waals surface area (Å²) in [6.45, 7) is 0.618. The summed E-state index contributed by atoms with van der Waals surface area (Å²) in [5.41, 5.74) is 1.55. The Morgan fingerprint density at radius 1 is 1.24 bits per heavy atom. The quantitative estimate of drug-likeness (QED) is 0.578. The number of nitrogens with one attached hydrogen (secondary N) is 1. The standard InChI is InChI=1S/C20H20N2O5S2/c1-27-20(24)19-17(11-14-28-19)29(25,26)21-12-4-5-15-7-9-16(10-8-15)22-13-3-2-6-18(22)23/h7-11,14,21H,2-3,6,12-13H2,1H3. The van der Waals surface area contributed by atoms with Crippen molar-refractivity contribution in [3.8, 4) is 11.8 Å². The van der Waals surface area contributed by atoms with E-state index in [1.54, 1.807) is 17.0 Å². The molecule has 1 saturated heterocycles. The fraction of sp³-hybridized carbons (Fsp3) is 0.300. The second-order valence-electron chi connectivity index (χ2n) is 6.28. The number of piperidine rings is 1. The van der Waals surface area contributed by atoms with E-state index in [4.69, 9.17) is 0 Å². The summed E-state index contributed by atoms with van der Waals surface area (Å²) in [5, 5.41) is 1.52. The number of hydrogen-bond acceptors (Lipinski definition) is 6. The van der Waals surface area contributed by atoms with Crippen LogP contribution in [0.15, 0.2) is 40.6 Å². The molecule has 0 aliphatic carbocycles. The topological polar surface area (TPSA) is 92.8 Å². The van der Waals surface area contributed by atoms with Crippen LogP contribution in [0.4, 0.5) is 5.69 Å². The largest absolute Gasteiger partial charge is 0.465 e. The van der Waals surface area contributed by atoms with Gasteiger partial charge >= 0.3 is 5.97 Å². The number of carbonyl (C=O) groups is 2. The number of rotatable bonds is 5. The first kappa shape index (κ1) is 21.0. The molecule has 7 nitrogen and oxygen atoms in total. The van der Waals surface area contributed by atoms with Crippen molar-refractivity contribution in [2.75, 3.05) is 25.1 Å². The maximum atomic E-state index is 12.4. The maximum absolute atomic E-state index is 12.4. The third-order valence-corrected chi connectivity index (χ3v) is 6.84. The highest BCUT2D eigenvalue weighted by Crippen LogP contribution is 2.23. The molecule has 1 aromatic heterocycles. The molecule has 2 aromatic rings. The Morgan fingerprint density at radius 2 is 2.00 bits per heavy atom. The van der Waals surface area contributed by atoms with Crippen LogP contribution < -0.4 is 9.62 Å². The lowest BCUT2D eigenvalue weighted by Crippen LogP contribution is -2.35. The van der Waals surface area contributed by atoms with E-state index in [0.29, 0.717) is 12.0 Å². The first-order valence-corrected chi connectivity index (χ1v) is 11.3. The summed E-state index contributed by atoms with van der Waals surface area (Å²) in [5.74, 6) is 5.07. The van der Waals surface area contributed by atoms with Crippen molar-refractivity contribution in [3.63, 3.8) is 0 Å². The molecule has 1 amide bonds. The number of sulfonamides is 1. The van der Waals surface area contributed by atoms with Crippen LogP contribution >= 0.6 is 11.3 Å². The Kier molecular flexibility index (Phi) is 6.69. The summed E-state index contributed by atoms with van der Waals surface area (Å²) in [6, 6.07) is 8.63. The molecular formula is C20H20N2O5S2. The predicted octanol–water partition coefficient (Wildman–Crippen LogP) is 2.38. The molecule has 1 aliphatic rings. The number of hydrogen-bond donors (Lipinski definition) is 1. The van der Waals surface area contributed by atoms with Gasteiger partial charge in [-0.2, -0.15) is 4.72 Å². The van der Waals surface area contributed by atoms with Crippen molar-refractivity contribution >= 4 is 38.9 Å². The minimum atomic E-state index is -3.87. The molecule has 0 atom stereocenters. The summed E-state index contributed by atoms with van der Waals surface area (Å²) in [7, 11) is -2.67. The lowest BCUT2D eigenvalue weighted by Gasteiger charge is -2.26. The number of benzene rings is 1. The molecule has 3 rings (SSSR count). The highest BCUT2D eigenvalue weighted by Gasteiger charge is 2.24. The SMILES string of the molecule is COC(=O)c1sccc1S(=O)(=O)NCC#Cc1ccc(N2CCCCC2=O)cc1. The predicted molar refractivity (Wildman–Crippen MR) is 110 cm³/mol. The summed E-state index contributed by atoms with van der Waals surface area (Å²) >= 11 is 1.00. The van der Waals surface area contributed by atoms with E-state index in [9.17, 15) is 18.0 Å². The zero-order valence-corrected chi connectivity index (χ0v) is 17.4. The van der Waals surface area contributed by atoms with Gasteiger partial charge in [-0.05, 0) is 48.6 Å². The molecule has 0 saturated carbocycles. The van der Waals surface area contributed by atoms with Gasteiger partial charge in [0.15, 0.2) is 0 Å². The minimum absolute atomic E-state index is 0.0239. The second-order valence-corrected chi connectivity index (χ2v) is 8.93. The Balaban J connectivity index is 1.62. The van der Waals surface area contributed by atoms with Gasteiger partial charge in [0.1, 0.15) is 9.77 Å². The van der Waals surface area contributed by atoms with Crippen LogP contribution in [-0.2, 0) is 19.6 Å². The number of ether oxygens (including phenoxy) is 1. The second kappa shape index (κ2) is 9.22. The van der Waals surface area contributed by atoms with E-state index in [1.165, 1.54) is 18.6 Å². The van der Waals surface area contributed by atoms with Crippen LogP contribution in [0, 0.1) is 11.8 Å². The van der Waals surface area contributed by atoms with E-state index in [1.807, 2.05) is 12.1 Å². The van der Waals surface area contributed by atoms with Crippen LogP contribution in [0.3, 0.4) is 0 Å². The van der Waals surface area contributed by atoms with Gasteiger partial charge in [-0.1, -0.05) is 11.8 Å². The Bertz CT molecular complexity index is 1060. The van der Waals surface area contributed by atoms with Crippen LogP contribution in [0.2, 0.25) is 0 Å². The molecule has 1 N–H and O–H groups in total. The normalized spacial score (nSPS) is 14.2. The van der Waals surface area contributed by atoms with E-state index < -0.39 is 16.0 Å². The van der Waals surface area contributed by atoms with E-state index in [2.05, 4.69) is 21.3 Å². The van der Waals surface area contributed by atoms with Gasteiger partial charge in [0.25, 0.3) is 0 Å². The molecule has 1 fully saturated rings. The van der Waals surface area contributed by atoms with Gasteiger partial charge in [-0.3, -0.25) is 4.79 Å². The molecule has 152 valence electrons. The van der Waals surface area contributed by atoms with Crippen molar-refractivity contribution in [1.29, 1.82) is 0 Å². The third-order valence-electron chi connectivity index (χ3n) is 4.38. The molecule has 29 heavy (non-hydrogen) atoms. The number of amides is 1. The van der Waals surface area contributed by atoms with Gasteiger partial charge in [0.2, 0.25) is 15.9 Å². The highest BCUT2D eigenvalue weighted by atomic mass is 32.2. The van der Waals surface area contributed by atoms with Crippen molar-refractivity contribution < 1.29 is 22.7 Å². The van der Waals surface area contributed by atoms with Gasteiger partial charge in [0.05, 0.1) is 13.7 Å². The molecule has 2 heterocycles. The van der Waals surface area contributed by atoms with Crippen molar-refractivity contribution in [2.24, 2.45) is 0 Å². The lowest BCUT2D eigenvalue weighted by molar-refractivity contribution is -0.119. The first-order chi connectivity index (χ1) is 13.9. The molecule has 0 unspecified atom stereocenters. The fourth-order valence-electron chi connectivity index (χ4n) is 2.91. The van der Waals surface area contributed by atoms with Gasteiger partial charge in [0, 0.05) is 24.2 Å².